The molecular weight excluding hydrogens is 400 g/mol. The lowest BCUT2D eigenvalue weighted by Gasteiger charge is -2.55. The fraction of sp³-hybridized carbons (Fsp3) is 0.913. The van der Waals surface area contributed by atoms with Crippen molar-refractivity contribution in [1.29, 1.82) is 0 Å². The first-order chi connectivity index (χ1) is 14.2. The van der Waals surface area contributed by atoms with Crippen molar-refractivity contribution in [3.8, 4) is 0 Å². The monoisotopic (exact) mass is 438 g/mol. The normalized spacial score (nSPS) is 37.6. The predicted molar refractivity (Wildman–Crippen MR) is 117 cm³/mol. The first kappa shape index (κ1) is 22.1. The van der Waals surface area contributed by atoms with Crippen LogP contribution in [0.25, 0.3) is 0 Å². The summed E-state index contributed by atoms with van der Waals surface area (Å²) >= 11 is 0. The van der Waals surface area contributed by atoms with Crippen LogP contribution in [0.1, 0.15) is 78.6 Å². The smallest absolute Gasteiger partial charge is 0.226 e. The third kappa shape index (κ3) is 4.15. The van der Waals surface area contributed by atoms with Crippen molar-refractivity contribution in [3.63, 3.8) is 0 Å². The largest absolute Gasteiger partial charge is 0.335 e. The summed E-state index contributed by atoms with van der Waals surface area (Å²) < 4.78 is 25.0. The molecule has 0 N–H and O–H groups in total. The zero-order chi connectivity index (χ0) is 21.6. The number of sulfone groups is 1. The average Bonchev–Trinajstić information content (AvgIpc) is 3.57. The molecule has 30 heavy (non-hydrogen) atoms. The van der Waals surface area contributed by atoms with Gasteiger partial charge in [0.1, 0.15) is 0 Å². The van der Waals surface area contributed by atoms with Crippen LogP contribution in [0.4, 0.5) is 0 Å². The van der Waals surface area contributed by atoms with E-state index in [-0.39, 0.29) is 46.9 Å². The summed E-state index contributed by atoms with van der Waals surface area (Å²) in [4.78, 5) is 29.6. The number of amides is 2. The molecule has 4 rings (SSSR count). The summed E-state index contributed by atoms with van der Waals surface area (Å²) in [6.45, 7) is 6.11. The van der Waals surface area contributed by atoms with E-state index in [1.165, 1.54) is 0 Å². The van der Waals surface area contributed by atoms with Gasteiger partial charge >= 0.3 is 0 Å². The first-order valence-corrected chi connectivity index (χ1v) is 13.7. The molecule has 1 aliphatic heterocycles. The lowest BCUT2D eigenvalue weighted by Crippen LogP contribution is -2.67. The van der Waals surface area contributed by atoms with Crippen molar-refractivity contribution in [2.24, 2.45) is 17.8 Å². The van der Waals surface area contributed by atoms with E-state index in [0.29, 0.717) is 18.4 Å². The molecule has 4 fully saturated rings. The molecule has 6 nitrogen and oxygen atoms in total. The van der Waals surface area contributed by atoms with Gasteiger partial charge in [-0.15, -0.1) is 0 Å². The fourth-order valence-corrected chi connectivity index (χ4v) is 8.16. The van der Waals surface area contributed by atoms with Gasteiger partial charge in [0.25, 0.3) is 0 Å². The van der Waals surface area contributed by atoms with Crippen molar-refractivity contribution in [3.05, 3.63) is 0 Å². The number of hydrogen-bond acceptors (Lipinski definition) is 4. The Hall–Kier alpha value is -1.11. The Bertz CT molecular complexity index is 778. The Labute approximate surface area is 181 Å². The topological polar surface area (TPSA) is 74.8 Å². The predicted octanol–water partition coefficient (Wildman–Crippen LogP) is 3.01. The minimum absolute atomic E-state index is 0.0664. The van der Waals surface area contributed by atoms with Gasteiger partial charge in [0.2, 0.25) is 11.8 Å². The molecule has 0 aromatic rings. The van der Waals surface area contributed by atoms with Gasteiger partial charge in [0, 0.05) is 31.2 Å². The molecule has 3 saturated carbocycles. The van der Waals surface area contributed by atoms with E-state index in [9.17, 15) is 18.0 Å². The highest BCUT2D eigenvalue weighted by atomic mass is 32.2. The Morgan fingerprint density at radius 3 is 2.27 bits per heavy atom. The van der Waals surface area contributed by atoms with E-state index < -0.39 is 9.84 Å². The molecule has 0 bridgehead atoms. The molecule has 6 atom stereocenters. The van der Waals surface area contributed by atoms with Crippen LogP contribution in [0.3, 0.4) is 0 Å². The number of carbonyl (C=O) groups excluding carboxylic acids is 2. The van der Waals surface area contributed by atoms with Gasteiger partial charge in [0.05, 0.1) is 17.3 Å². The summed E-state index contributed by atoms with van der Waals surface area (Å²) in [5.41, 5.74) is 0. The maximum Gasteiger partial charge on any atom is 0.226 e. The fourth-order valence-electron chi connectivity index (χ4n) is 6.62. The van der Waals surface area contributed by atoms with Crippen molar-refractivity contribution in [1.82, 2.24) is 9.80 Å². The van der Waals surface area contributed by atoms with E-state index >= 15 is 0 Å². The Morgan fingerprint density at radius 2 is 1.63 bits per heavy atom. The van der Waals surface area contributed by atoms with Gasteiger partial charge in [-0.25, -0.2) is 8.42 Å². The molecule has 5 unspecified atom stereocenters. The SMILES string of the molecule is CCS(=O)(=O)C1CCCC(C2CCC3C(C2)N(C(=O)C2CC2)C[C@H](C)N3C(C)=O)C1. The maximum atomic E-state index is 13.1. The second-order valence-corrected chi connectivity index (χ2v) is 12.8. The maximum absolute atomic E-state index is 13.1. The van der Waals surface area contributed by atoms with Crippen LogP contribution < -0.4 is 0 Å². The average molecular weight is 439 g/mol. The zero-order valence-corrected chi connectivity index (χ0v) is 19.6. The standard InChI is InChI=1S/C23H38N2O4S/c1-4-30(28,29)20-7-5-6-18(12-20)19-10-11-21-22(13-19)24(23(27)17-8-9-17)14-15(2)25(21)16(3)26/h15,17-22H,4-14H2,1-3H3/t15-,18?,19?,20?,21?,22?/m0/s1. The van der Waals surface area contributed by atoms with Gasteiger partial charge in [0.15, 0.2) is 9.84 Å². The van der Waals surface area contributed by atoms with Crippen LogP contribution in [0.5, 0.6) is 0 Å². The molecule has 0 aromatic heterocycles. The molecule has 0 aromatic carbocycles. The minimum Gasteiger partial charge on any atom is -0.335 e. The van der Waals surface area contributed by atoms with Gasteiger partial charge in [-0.2, -0.15) is 0 Å². The van der Waals surface area contributed by atoms with Crippen LogP contribution in [-0.4, -0.2) is 65.7 Å². The van der Waals surface area contributed by atoms with E-state index in [4.69, 9.17) is 0 Å². The van der Waals surface area contributed by atoms with Crippen molar-refractivity contribution in [2.45, 2.75) is 102 Å². The highest BCUT2D eigenvalue weighted by Gasteiger charge is 2.49. The number of fused-ring (bicyclic) bond motifs is 1. The van der Waals surface area contributed by atoms with Crippen LogP contribution in [-0.2, 0) is 19.4 Å². The minimum atomic E-state index is -2.99. The van der Waals surface area contributed by atoms with E-state index in [0.717, 1.165) is 57.8 Å². The molecule has 0 spiro atoms. The van der Waals surface area contributed by atoms with Gasteiger partial charge in [-0.1, -0.05) is 19.8 Å². The van der Waals surface area contributed by atoms with Gasteiger partial charge in [-0.3, -0.25) is 9.59 Å². The van der Waals surface area contributed by atoms with Crippen molar-refractivity contribution in [2.75, 3.05) is 12.3 Å². The molecular formula is C23H38N2O4S. The third-order valence-electron chi connectivity index (χ3n) is 8.33. The third-order valence-corrected chi connectivity index (χ3v) is 10.6. The molecule has 2 amide bonds. The van der Waals surface area contributed by atoms with Crippen molar-refractivity contribution >= 4 is 21.7 Å². The highest BCUT2D eigenvalue weighted by Crippen LogP contribution is 2.45. The second kappa shape index (κ2) is 8.44. The summed E-state index contributed by atoms with van der Waals surface area (Å²) in [6.07, 6.45) is 8.54. The van der Waals surface area contributed by atoms with E-state index in [2.05, 4.69) is 11.8 Å². The Kier molecular flexibility index (Phi) is 6.21. The Morgan fingerprint density at radius 1 is 0.933 bits per heavy atom. The molecule has 0 radical (unpaired) electrons. The Balaban J connectivity index is 1.53. The van der Waals surface area contributed by atoms with Crippen molar-refractivity contribution < 1.29 is 18.0 Å². The molecule has 170 valence electrons. The summed E-state index contributed by atoms with van der Waals surface area (Å²) in [5, 5.41) is -0.191. The van der Waals surface area contributed by atoms with Crippen LogP contribution in [0.2, 0.25) is 0 Å². The van der Waals surface area contributed by atoms with E-state index in [1.807, 2.05) is 4.90 Å². The molecule has 1 saturated heterocycles. The van der Waals surface area contributed by atoms with E-state index in [1.54, 1.807) is 13.8 Å². The summed E-state index contributed by atoms with van der Waals surface area (Å²) in [6, 6.07) is 0.279. The van der Waals surface area contributed by atoms with Gasteiger partial charge in [-0.05, 0) is 63.7 Å². The lowest BCUT2D eigenvalue weighted by molar-refractivity contribution is -0.155. The summed E-state index contributed by atoms with van der Waals surface area (Å²) in [7, 11) is -2.99. The number of piperazine rings is 1. The number of nitrogens with zero attached hydrogens (tertiary/aromatic N) is 2. The number of carbonyl (C=O) groups is 2. The summed E-state index contributed by atoms with van der Waals surface area (Å²) in [5.74, 6) is 1.70. The van der Waals surface area contributed by atoms with Crippen LogP contribution >= 0.6 is 0 Å². The highest BCUT2D eigenvalue weighted by molar-refractivity contribution is 7.92. The molecule has 7 heteroatoms. The van der Waals surface area contributed by atoms with Gasteiger partial charge < -0.3 is 9.80 Å². The molecule has 1 heterocycles. The lowest BCUT2D eigenvalue weighted by atomic mass is 9.69. The first-order valence-electron chi connectivity index (χ1n) is 12.0. The van der Waals surface area contributed by atoms with Crippen LogP contribution in [0.15, 0.2) is 0 Å². The van der Waals surface area contributed by atoms with Crippen LogP contribution in [0, 0.1) is 17.8 Å². The second-order valence-electron chi connectivity index (χ2n) is 10.2. The molecule has 3 aliphatic carbocycles. The zero-order valence-electron chi connectivity index (χ0n) is 18.8. The molecule has 4 aliphatic rings. The quantitative estimate of drug-likeness (QED) is 0.676. The number of rotatable bonds is 4. The number of hydrogen-bond donors (Lipinski definition) is 0.